The van der Waals surface area contributed by atoms with Gasteiger partial charge in [-0.25, -0.2) is 9.18 Å². The van der Waals surface area contributed by atoms with Crippen LogP contribution in [0.5, 0.6) is 5.75 Å². The highest BCUT2D eigenvalue weighted by Crippen LogP contribution is 2.20. The number of ether oxygens (including phenoxy) is 1. The molecule has 17 heavy (non-hydrogen) atoms. The summed E-state index contributed by atoms with van der Waals surface area (Å²) in [4.78, 5) is 10.9. The van der Waals surface area contributed by atoms with Crippen LogP contribution in [0.25, 0.3) is 0 Å². The zero-order chi connectivity index (χ0) is 12.3. The Labute approximate surface area is 95.4 Å². The van der Waals surface area contributed by atoms with E-state index in [4.69, 9.17) is 14.4 Å². The molecular weight excluding hydrogens is 229 g/mol. The van der Waals surface area contributed by atoms with Crippen LogP contribution in [0.4, 0.5) is 4.39 Å². The Morgan fingerprint density at radius 3 is 2.94 bits per heavy atom. The monoisotopic (exact) mass is 237 g/mol. The second-order valence-electron chi connectivity index (χ2n) is 3.21. The molecule has 2 rings (SSSR count). The van der Waals surface area contributed by atoms with E-state index < -0.39 is 11.8 Å². The van der Waals surface area contributed by atoms with Crippen molar-refractivity contribution in [2.45, 2.75) is 6.61 Å². The van der Waals surface area contributed by atoms with Crippen LogP contribution in [0.2, 0.25) is 0 Å². The van der Waals surface area contributed by atoms with Gasteiger partial charge in [0.25, 0.3) is 0 Å². The lowest BCUT2D eigenvalue weighted by Gasteiger charge is -2.07. The summed E-state index contributed by atoms with van der Waals surface area (Å²) in [6, 6.07) is 4.87. The Kier molecular flexibility index (Phi) is 3.04. The first kappa shape index (κ1) is 11.1. The Bertz CT molecular complexity index is 524. The molecule has 1 aromatic carbocycles. The van der Waals surface area contributed by atoms with Gasteiger partial charge >= 0.3 is 5.97 Å². The zero-order valence-corrected chi connectivity index (χ0v) is 8.59. The summed E-state index contributed by atoms with van der Waals surface area (Å²) >= 11 is 0. The number of carboxylic acids is 1. The smallest absolute Gasteiger partial charge is 0.339 e. The molecule has 0 unspecified atom stereocenters. The van der Waals surface area contributed by atoms with E-state index in [1.54, 1.807) is 6.07 Å². The summed E-state index contributed by atoms with van der Waals surface area (Å²) in [7, 11) is 0. The van der Waals surface area contributed by atoms with Gasteiger partial charge in [-0.1, -0.05) is 5.16 Å². The molecule has 0 spiro atoms. The minimum absolute atomic E-state index is 0.0336. The average molecular weight is 237 g/mol. The quantitative estimate of drug-likeness (QED) is 0.881. The van der Waals surface area contributed by atoms with E-state index in [1.165, 1.54) is 12.3 Å². The summed E-state index contributed by atoms with van der Waals surface area (Å²) < 4.78 is 22.9. The maximum absolute atomic E-state index is 12.9. The number of aromatic nitrogens is 1. The molecule has 1 N–H and O–H groups in total. The van der Waals surface area contributed by atoms with Crippen LogP contribution in [0.15, 0.2) is 35.0 Å². The lowest BCUT2D eigenvalue weighted by Crippen LogP contribution is -2.03. The van der Waals surface area contributed by atoms with E-state index in [9.17, 15) is 9.18 Å². The lowest BCUT2D eigenvalue weighted by atomic mass is 10.2. The highest BCUT2D eigenvalue weighted by Gasteiger charge is 2.13. The summed E-state index contributed by atoms with van der Waals surface area (Å²) in [6.07, 6.45) is 1.45. The summed E-state index contributed by atoms with van der Waals surface area (Å²) in [6.45, 7) is 0.0336. The fourth-order valence-electron chi connectivity index (χ4n) is 1.26. The average Bonchev–Trinajstić information content (AvgIpc) is 2.80. The first-order valence-electron chi connectivity index (χ1n) is 4.72. The number of carboxylic acid groups (broad SMARTS) is 1. The van der Waals surface area contributed by atoms with E-state index in [2.05, 4.69) is 5.16 Å². The van der Waals surface area contributed by atoms with Gasteiger partial charge in [-0.2, -0.15) is 0 Å². The first-order valence-corrected chi connectivity index (χ1v) is 4.72. The van der Waals surface area contributed by atoms with Crippen molar-refractivity contribution in [2.24, 2.45) is 0 Å². The van der Waals surface area contributed by atoms with E-state index >= 15 is 0 Å². The second kappa shape index (κ2) is 4.65. The predicted octanol–water partition coefficient (Wildman–Crippen LogP) is 2.09. The van der Waals surface area contributed by atoms with Gasteiger partial charge in [-0.3, -0.25) is 0 Å². The van der Waals surface area contributed by atoms with Crippen LogP contribution in [-0.4, -0.2) is 16.2 Å². The van der Waals surface area contributed by atoms with Crippen LogP contribution in [0, 0.1) is 5.82 Å². The number of benzene rings is 1. The molecule has 0 aliphatic rings. The van der Waals surface area contributed by atoms with Crippen molar-refractivity contribution in [3.05, 3.63) is 47.6 Å². The van der Waals surface area contributed by atoms with Gasteiger partial charge in [0.15, 0.2) is 5.76 Å². The number of aromatic carboxylic acids is 1. The van der Waals surface area contributed by atoms with Crippen LogP contribution in [0.1, 0.15) is 16.1 Å². The third kappa shape index (κ3) is 2.60. The Morgan fingerprint density at radius 2 is 2.29 bits per heavy atom. The molecule has 88 valence electrons. The molecule has 0 saturated heterocycles. The molecule has 0 atom stereocenters. The Balaban J connectivity index is 2.17. The van der Waals surface area contributed by atoms with Crippen molar-refractivity contribution in [3.63, 3.8) is 0 Å². The van der Waals surface area contributed by atoms with Gasteiger partial charge in [0.1, 0.15) is 23.7 Å². The molecule has 1 heterocycles. The molecule has 2 aromatic rings. The number of carbonyl (C=O) groups is 1. The van der Waals surface area contributed by atoms with Gasteiger partial charge in [0.2, 0.25) is 0 Å². The second-order valence-corrected chi connectivity index (χ2v) is 3.21. The first-order chi connectivity index (χ1) is 8.16. The van der Waals surface area contributed by atoms with Gasteiger partial charge < -0.3 is 14.4 Å². The fraction of sp³-hybridized carbons (Fsp3) is 0.0909. The van der Waals surface area contributed by atoms with Crippen LogP contribution in [0.3, 0.4) is 0 Å². The van der Waals surface area contributed by atoms with Gasteiger partial charge in [-0.15, -0.1) is 0 Å². The largest absolute Gasteiger partial charge is 0.485 e. The lowest BCUT2D eigenvalue weighted by molar-refractivity contribution is 0.0690. The maximum Gasteiger partial charge on any atom is 0.339 e. The molecule has 0 bridgehead atoms. The topological polar surface area (TPSA) is 72.6 Å². The highest BCUT2D eigenvalue weighted by atomic mass is 19.1. The van der Waals surface area contributed by atoms with Crippen molar-refractivity contribution in [2.75, 3.05) is 0 Å². The molecule has 6 heteroatoms. The number of hydrogen-bond acceptors (Lipinski definition) is 4. The standard InChI is InChI=1S/C11H8FNO4/c12-7-1-2-10(9(5-7)11(14)15)16-6-8-3-4-13-17-8/h1-5H,6H2,(H,14,15). The Hall–Kier alpha value is -2.37. The number of rotatable bonds is 4. The van der Waals surface area contributed by atoms with Crippen molar-refractivity contribution in [1.82, 2.24) is 5.16 Å². The minimum atomic E-state index is -1.25. The number of nitrogens with zero attached hydrogens (tertiary/aromatic N) is 1. The normalized spacial score (nSPS) is 10.2. The van der Waals surface area contributed by atoms with Crippen LogP contribution < -0.4 is 4.74 Å². The predicted molar refractivity (Wildman–Crippen MR) is 54.2 cm³/mol. The molecule has 0 fully saturated rings. The summed E-state index contributed by atoms with van der Waals surface area (Å²) in [5.41, 5.74) is -0.232. The number of halogens is 1. The zero-order valence-electron chi connectivity index (χ0n) is 8.59. The Morgan fingerprint density at radius 1 is 1.47 bits per heavy atom. The fourth-order valence-corrected chi connectivity index (χ4v) is 1.26. The number of hydrogen-bond donors (Lipinski definition) is 1. The molecule has 0 radical (unpaired) electrons. The van der Waals surface area contributed by atoms with Crippen LogP contribution in [-0.2, 0) is 6.61 Å². The molecule has 0 saturated carbocycles. The van der Waals surface area contributed by atoms with Crippen LogP contribution >= 0.6 is 0 Å². The maximum atomic E-state index is 12.9. The van der Waals surface area contributed by atoms with Gasteiger partial charge in [0, 0.05) is 6.07 Å². The summed E-state index contributed by atoms with van der Waals surface area (Å²) in [5.74, 6) is -1.35. The van der Waals surface area contributed by atoms with Crippen molar-refractivity contribution in [3.8, 4) is 5.75 Å². The minimum Gasteiger partial charge on any atom is -0.485 e. The molecule has 0 amide bonds. The SMILES string of the molecule is O=C(O)c1cc(F)ccc1OCc1ccno1. The van der Waals surface area contributed by atoms with Crippen molar-refractivity contribution >= 4 is 5.97 Å². The molecule has 0 aliphatic heterocycles. The molecule has 0 aliphatic carbocycles. The third-order valence-electron chi connectivity index (χ3n) is 2.03. The highest BCUT2D eigenvalue weighted by molar-refractivity contribution is 5.90. The van der Waals surface area contributed by atoms with E-state index in [0.717, 1.165) is 12.1 Å². The molecule has 1 aromatic heterocycles. The van der Waals surface area contributed by atoms with Gasteiger partial charge in [0.05, 0.1) is 6.20 Å². The van der Waals surface area contributed by atoms with E-state index in [-0.39, 0.29) is 17.9 Å². The van der Waals surface area contributed by atoms with Crippen molar-refractivity contribution < 1.29 is 23.6 Å². The van der Waals surface area contributed by atoms with E-state index in [1.807, 2.05) is 0 Å². The third-order valence-corrected chi connectivity index (χ3v) is 2.03. The molecular formula is C11H8FNO4. The van der Waals surface area contributed by atoms with Gasteiger partial charge in [-0.05, 0) is 18.2 Å². The summed E-state index contributed by atoms with van der Waals surface area (Å²) in [5, 5.41) is 12.3. The molecule has 5 nitrogen and oxygen atoms in total. The van der Waals surface area contributed by atoms with E-state index in [0.29, 0.717) is 5.76 Å². The van der Waals surface area contributed by atoms with Crippen molar-refractivity contribution in [1.29, 1.82) is 0 Å².